The quantitative estimate of drug-likeness (QED) is 0.684. The molecule has 0 radical (unpaired) electrons. The summed E-state index contributed by atoms with van der Waals surface area (Å²) in [6.07, 6.45) is 3.79. The zero-order valence-electron chi connectivity index (χ0n) is 9.31. The van der Waals surface area contributed by atoms with Gasteiger partial charge in [0.25, 0.3) is 5.91 Å². The van der Waals surface area contributed by atoms with E-state index in [1.54, 1.807) is 0 Å². The number of nitrogens with zero attached hydrogens (tertiary/aromatic N) is 1. The summed E-state index contributed by atoms with van der Waals surface area (Å²) in [5.41, 5.74) is -0.771. The summed E-state index contributed by atoms with van der Waals surface area (Å²) in [6.45, 7) is -0.536. The van der Waals surface area contributed by atoms with E-state index in [0.29, 0.717) is 0 Å². The summed E-state index contributed by atoms with van der Waals surface area (Å²) in [7, 11) is 0. The number of carbonyl (C=O) groups is 3. The number of hydrogen-bond donors (Lipinski definition) is 2. The van der Waals surface area contributed by atoms with Gasteiger partial charge in [-0.3, -0.25) is 14.5 Å². The second-order valence-electron chi connectivity index (χ2n) is 5.13. The largest absolute Gasteiger partial charge is 0.480 e. The number of hydrogen-bond acceptors (Lipinski definition) is 3. The van der Waals surface area contributed by atoms with Crippen molar-refractivity contribution >= 4 is 17.9 Å². The van der Waals surface area contributed by atoms with Gasteiger partial charge in [-0.25, -0.2) is 4.79 Å². The monoisotopic (exact) mass is 238 g/mol. The molecule has 1 heterocycles. The molecule has 1 saturated heterocycles. The Bertz CT molecular complexity index is 400. The van der Waals surface area contributed by atoms with Crippen molar-refractivity contribution in [2.75, 3.05) is 6.54 Å². The third-order valence-electron chi connectivity index (χ3n) is 3.89. The van der Waals surface area contributed by atoms with Crippen LogP contribution in [0.2, 0.25) is 0 Å². The lowest BCUT2D eigenvalue weighted by Crippen LogP contribution is -2.51. The second kappa shape index (κ2) is 3.21. The molecule has 0 spiro atoms. The third-order valence-corrected chi connectivity index (χ3v) is 3.89. The first-order valence-corrected chi connectivity index (χ1v) is 5.91. The van der Waals surface area contributed by atoms with Crippen LogP contribution in [0.1, 0.15) is 25.7 Å². The molecule has 3 aliphatic rings. The molecule has 0 aromatic heterocycles. The van der Waals surface area contributed by atoms with Crippen molar-refractivity contribution in [2.45, 2.75) is 31.2 Å². The number of urea groups is 1. The molecule has 1 aliphatic heterocycles. The second-order valence-corrected chi connectivity index (χ2v) is 5.13. The average molecular weight is 238 g/mol. The molecule has 0 atom stereocenters. The standard InChI is InChI=1S/C11H14N2O4/c14-8(15)5-13-9(16)11(6-1-2-6,7-3-4-7)12-10(13)17/h6-7H,1-5H2,(H,12,17)(H,14,15). The molecule has 0 aromatic rings. The van der Waals surface area contributed by atoms with Crippen molar-refractivity contribution in [1.82, 2.24) is 10.2 Å². The third kappa shape index (κ3) is 1.43. The van der Waals surface area contributed by atoms with Gasteiger partial charge in [0.15, 0.2) is 0 Å². The van der Waals surface area contributed by atoms with E-state index in [0.717, 1.165) is 30.6 Å². The van der Waals surface area contributed by atoms with E-state index in [-0.39, 0.29) is 17.7 Å². The molecule has 6 heteroatoms. The first kappa shape index (κ1) is 10.6. The number of aliphatic carboxylic acids is 1. The van der Waals surface area contributed by atoms with E-state index in [2.05, 4.69) is 5.32 Å². The van der Waals surface area contributed by atoms with Crippen LogP contribution in [0.25, 0.3) is 0 Å². The smallest absolute Gasteiger partial charge is 0.325 e. The topological polar surface area (TPSA) is 86.7 Å². The maximum atomic E-state index is 12.3. The number of nitrogens with one attached hydrogen (secondary N) is 1. The molecule has 2 N–H and O–H groups in total. The number of rotatable bonds is 4. The van der Waals surface area contributed by atoms with Crippen LogP contribution >= 0.6 is 0 Å². The van der Waals surface area contributed by atoms with Crippen LogP contribution in [0, 0.1) is 11.8 Å². The summed E-state index contributed by atoms with van der Waals surface area (Å²) >= 11 is 0. The van der Waals surface area contributed by atoms with Gasteiger partial charge in [-0.2, -0.15) is 0 Å². The fraction of sp³-hybridized carbons (Fsp3) is 0.727. The zero-order valence-corrected chi connectivity index (χ0v) is 9.31. The molecule has 6 nitrogen and oxygen atoms in total. The van der Waals surface area contributed by atoms with E-state index in [1.807, 2.05) is 0 Å². The van der Waals surface area contributed by atoms with Crippen LogP contribution in [0.5, 0.6) is 0 Å². The van der Waals surface area contributed by atoms with Gasteiger partial charge in [0.2, 0.25) is 0 Å². The van der Waals surface area contributed by atoms with E-state index in [4.69, 9.17) is 5.11 Å². The van der Waals surface area contributed by atoms with E-state index < -0.39 is 24.1 Å². The summed E-state index contributed by atoms with van der Waals surface area (Å²) in [6, 6.07) is -0.545. The van der Waals surface area contributed by atoms with Crippen molar-refractivity contribution in [2.24, 2.45) is 11.8 Å². The number of amides is 3. The Morgan fingerprint density at radius 3 is 2.24 bits per heavy atom. The van der Waals surface area contributed by atoms with Gasteiger partial charge >= 0.3 is 12.0 Å². The van der Waals surface area contributed by atoms with Crippen molar-refractivity contribution < 1.29 is 19.5 Å². The van der Waals surface area contributed by atoms with Gasteiger partial charge in [0.05, 0.1) is 0 Å². The van der Waals surface area contributed by atoms with Crippen LogP contribution in [0.3, 0.4) is 0 Å². The number of carbonyl (C=O) groups excluding carboxylic acids is 2. The molecule has 2 aliphatic carbocycles. The summed E-state index contributed by atoms with van der Waals surface area (Å²) in [4.78, 5) is 35.5. The highest BCUT2D eigenvalue weighted by Crippen LogP contribution is 2.54. The molecule has 3 amide bonds. The fourth-order valence-electron chi connectivity index (χ4n) is 2.86. The summed E-state index contributed by atoms with van der Waals surface area (Å²) < 4.78 is 0. The number of imide groups is 1. The molecular weight excluding hydrogens is 224 g/mol. The lowest BCUT2D eigenvalue weighted by atomic mass is 9.87. The van der Waals surface area contributed by atoms with Crippen molar-refractivity contribution in [3.05, 3.63) is 0 Å². The van der Waals surface area contributed by atoms with Gasteiger partial charge in [-0.1, -0.05) is 0 Å². The Labute approximate surface area is 98.0 Å². The van der Waals surface area contributed by atoms with Crippen LogP contribution in [-0.2, 0) is 9.59 Å². The Balaban J connectivity index is 1.89. The van der Waals surface area contributed by atoms with Gasteiger partial charge in [-0.15, -0.1) is 0 Å². The first-order chi connectivity index (χ1) is 8.05. The lowest BCUT2D eigenvalue weighted by Gasteiger charge is -2.26. The Morgan fingerprint density at radius 1 is 1.29 bits per heavy atom. The molecule has 92 valence electrons. The minimum absolute atomic E-state index is 0.213. The minimum atomic E-state index is -1.16. The predicted molar refractivity (Wildman–Crippen MR) is 56.1 cm³/mol. The van der Waals surface area contributed by atoms with E-state index >= 15 is 0 Å². The van der Waals surface area contributed by atoms with Crippen LogP contribution in [0.15, 0.2) is 0 Å². The highest BCUT2D eigenvalue weighted by Gasteiger charge is 2.65. The Hall–Kier alpha value is -1.59. The highest BCUT2D eigenvalue weighted by atomic mass is 16.4. The molecule has 0 aromatic carbocycles. The zero-order chi connectivity index (χ0) is 12.2. The SMILES string of the molecule is O=C(O)CN1C(=O)NC(C2CC2)(C2CC2)C1=O. The normalized spacial score (nSPS) is 27.2. The molecule has 3 fully saturated rings. The lowest BCUT2D eigenvalue weighted by molar-refractivity contribution is -0.143. The maximum absolute atomic E-state index is 12.3. The minimum Gasteiger partial charge on any atom is -0.480 e. The Morgan fingerprint density at radius 2 is 1.82 bits per heavy atom. The van der Waals surface area contributed by atoms with Gasteiger partial charge in [0.1, 0.15) is 12.1 Å². The Kier molecular flexibility index (Phi) is 1.99. The molecular formula is C11H14N2O4. The molecule has 0 bridgehead atoms. The molecule has 0 unspecified atom stereocenters. The van der Waals surface area contributed by atoms with Crippen molar-refractivity contribution in [3.63, 3.8) is 0 Å². The average Bonchev–Trinajstić information content (AvgIpc) is 3.14. The van der Waals surface area contributed by atoms with Crippen molar-refractivity contribution in [1.29, 1.82) is 0 Å². The molecule has 3 rings (SSSR count). The highest BCUT2D eigenvalue weighted by molar-refractivity contribution is 6.09. The van der Waals surface area contributed by atoms with Crippen LogP contribution < -0.4 is 5.32 Å². The van der Waals surface area contributed by atoms with Crippen molar-refractivity contribution in [3.8, 4) is 0 Å². The maximum Gasteiger partial charge on any atom is 0.325 e. The first-order valence-electron chi connectivity index (χ1n) is 5.91. The summed E-state index contributed by atoms with van der Waals surface area (Å²) in [5, 5.41) is 11.5. The van der Waals surface area contributed by atoms with Gasteiger partial charge in [0, 0.05) is 0 Å². The van der Waals surface area contributed by atoms with Gasteiger partial charge in [-0.05, 0) is 37.5 Å². The van der Waals surface area contributed by atoms with E-state index in [9.17, 15) is 14.4 Å². The summed E-state index contributed by atoms with van der Waals surface area (Å²) in [5.74, 6) is -1.05. The molecule has 2 saturated carbocycles. The number of carboxylic acids is 1. The van der Waals surface area contributed by atoms with Crippen LogP contribution in [-0.4, -0.2) is 40.0 Å². The van der Waals surface area contributed by atoms with Crippen LogP contribution in [0.4, 0.5) is 4.79 Å². The fourth-order valence-corrected chi connectivity index (χ4v) is 2.86. The molecule has 17 heavy (non-hydrogen) atoms. The predicted octanol–water partition coefficient (Wildman–Crippen LogP) is 0.182. The van der Waals surface area contributed by atoms with E-state index in [1.165, 1.54) is 0 Å². The van der Waals surface area contributed by atoms with Gasteiger partial charge < -0.3 is 10.4 Å². The number of carboxylic acid groups (broad SMARTS) is 1.